The zero-order valence-corrected chi connectivity index (χ0v) is 7.90. The number of phenols is 1. The molecular formula is C11H11NO2. The Kier molecular flexibility index (Phi) is 3.24. The van der Waals surface area contributed by atoms with Crippen LogP contribution in [-0.2, 0) is 11.2 Å². The summed E-state index contributed by atoms with van der Waals surface area (Å²) in [7, 11) is 0. The topological polar surface area (TPSA) is 61.1 Å². The third kappa shape index (κ3) is 2.33. The van der Waals surface area contributed by atoms with E-state index < -0.39 is 0 Å². The molecule has 0 radical (unpaired) electrons. The second-order valence-corrected chi connectivity index (χ2v) is 3.28. The van der Waals surface area contributed by atoms with Crippen molar-refractivity contribution in [3.8, 4) is 11.8 Å². The molecule has 1 rings (SSSR count). The van der Waals surface area contributed by atoms with Gasteiger partial charge < -0.3 is 9.90 Å². The molecule has 3 heteroatoms. The number of rotatable bonds is 3. The maximum Gasteiger partial charge on any atom is 0.133 e. The normalized spacial score (nSPS) is 11.7. The minimum atomic E-state index is -0.0638. The van der Waals surface area contributed by atoms with Gasteiger partial charge in [-0.1, -0.05) is 13.0 Å². The first-order valence-electron chi connectivity index (χ1n) is 4.34. The first-order valence-corrected chi connectivity index (χ1v) is 4.34. The van der Waals surface area contributed by atoms with Crippen LogP contribution in [0.4, 0.5) is 0 Å². The van der Waals surface area contributed by atoms with Gasteiger partial charge in [0.25, 0.3) is 0 Å². The van der Waals surface area contributed by atoms with Crippen LogP contribution in [0.1, 0.15) is 18.1 Å². The summed E-state index contributed by atoms with van der Waals surface area (Å²) >= 11 is 0. The molecule has 0 aliphatic rings. The Balaban J connectivity index is 2.91. The first kappa shape index (κ1) is 10.3. The zero-order chi connectivity index (χ0) is 10.6. The van der Waals surface area contributed by atoms with Gasteiger partial charge in [0, 0.05) is 5.92 Å². The van der Waals surface area contributed by atoms with Crippen molar-refractivity contribution in [2.24, 2.45) is 5.92 Å². The molecule has 3 nitrogen and oxygen atoms in total. The van der Waals surface area contributed by atoms with Crippen molar-refractivity contribution in [3.05, 3.63) is 29.3 Å². The van der Waals surface area contributed by atoms with Gasteiger partial charge in [0.05, 0.1) is 5.56 Å². The third-order valence-corrected chi connectivity index (χ3v) is 1.97. The quantitative estimate of drug-likeness (QED) is 0.735. The summed E-state index contributed by atoms with van der Waals surface area (Å²) in [5, 5.41) is 17.9. The Morgan fingerprint density at radius 1 is 1.64 bits per heavy atom. The molecule has 0 saturated heterocycles. The van der Waals surface area contributed by atoms with E-state index in [1.807, 2.05) is 13.0 Å². The van der Waals surface area contributed by atoms with Crippen LogP contribution in [0, 0.1) is 17.2 Å². The van der Waals surface area contributed by atoms with Crippen LogP contribution in [0.3, 0.4) is 0 Å². The second-order valence-electron chi connectivity index (χ2n) is 3.28. The summed E-state index contributed by atoms with van der Waals surface area (Å²) in [5.74, 6) is -0.0823. The van der Waals surface area contributed by atoms with Crippen LogP contribution >= 0.6 is 0 Å². The fourth-order valence-electron chi connectivity index (χ4n) is 1.22. The first-order chi connectivity index (χ1) is 6.67. The van der Waals surface area contributed by atoms with Gasteiger partial charge in [0.15, 0.2) is 0 Å². The van der Waals surface area contributed by atoms with Crippen molar-refractivity contribution in [1.82, 2.24) is 0 Å². The second kappa shape index (κ2) is 4.43. The van der Waals surface area contributed by atoms with E-state index in [1.165, 1.54) is 6.07 Å². The summed E-state index contributed by atoms with van der Waals surface area (Å²) in [6.45, 7) is 1.81. The van der Waals surface area contributed by atoms with Gasteiger partial charge in [-0.2, -0.15) is 5.26 Å². The number of carbonyl (C=O) groups is 1. The standard InChI is InChI=1S/C11H11NO2/c1-8(7-13)4-9-2-3-11(14)10(5-9)6-12/h2-3,5,7-8,14H,4H2,1H3. The van der Waals surface area contributed by atoms with Crippen LogP contribution in [0.25, 0.3) is 0 Å². The molecule has 14 heavy (non-hydrogen) atoms. The number of hydrogen-bond donors (Lipinski definition) is 1. The van der Waals surface area contributed by atoms with Crippen LogP contribution in [0.5, 0.6) is 5.75 Å². The molecule has 1 aromatic carbocycles. The Morgan fingerprint density at radius 3 is 2.93 bits per heavy atom. The molecule has 1 N–H and O–H groups in total. The van der Waals surface area contributed by atoms with E-state index in [0.717, 1.165) is 11.8 Å². The number of nitrogens with zero attached hydrogens (tertiary/aromatic N) is 1. The predicted molar refractivity (Wildman–Crippen MR) is 51.8 cm³/mol. The minimum Gasteiger partial charge on any atom is -0.507 e. The number of benzene rings is 1. The van der Waals surface area contributed by atoms with E-state index in [9.17, 15) is 9.90 Å². The number of aldehydes is 1. The molecule has 0 amide bonds. The molecule has 0 bridgehead atoms. The van der Waals surface area contributed by atoms with Crippen LogP contribution < -0.4 is 0 Å². The van der Waals surface area contributed by atoms with Gasteiger partial charge in [-0.15, -0.1) is 0 Å². The monoisotopic (exact) mass is 189 g/mol. The van der Waals surface area contributed by atoms with Crippen LogP contribution in [0.2, 0.25) is 0 Å². The van der Waals surface area contributed by atoms with E-state index in [2.05, 4.69) is 0 Å². The van der Waals surface area contributed by atoms with Gasteiger partial charge in [-0.25, -0.2) is 0 Å². The molecule has 0 aliphatic heterocycles. The number of phenolic OH excluding ortho intramolecular Hbond substituents is 1. The molecule has 0 saturated carbocycles. The van der Waals surface area contributed by atoms with Crippen molar-refractivity contribution in [1.29, 1.82) is 5.26 Å². The molecular weight excluding hydrogens is 178 g/mol. The number of aromatic hydroxyl groups is 1. The molecule has 1 unspecified atom stereocenters. The Bertz CT molecular complexity index is 379. The smallest absolute Gasteiger partial charge is 0.133 e. The van der Waals surface area contributed by atoms with Gasteiger partial charge in [0.1, 0.15) is 18.1 Å². The molecule has 0 spiro atoms. The highest BCUT2D eigenvalue weighted by Crippen LogP contribution is 2.18. The fraction of sp³-hybridized carbons (Fsp3) is 0.273. The van der Waals surface area contributed by atoms with Gasteiger partial charge in [0.2, 0.25) is 0 Å². The SMILES string of the molecule is CC(C=O)Cc1ccc(O)c(C#N)c1. The van der Waals surface area contributed by atoms with Gasteiger partial charge in [-0.3, -0.25) is 0 Å². The molecule has 0 aromatic heterocycles. The minimum absolute atomic E-state index is 0.0185. The van der Waals surface area contributed by atoms with E-state index in [1.54, 1.807) is 12.1 Å². The molecule has 1 aromatic rings. The summed E-state index contributed by atoms with van der Waals surface area (Å²) < 4.78 is 0. The third-order valence-electron chi connectivity index (χ3n) is 1.97. The predicted octanol–water partition coefficient (Wildman–Crippen LogP) is 1.64. The molecule has 1 atom stereocenters. The van der Waals surface area contributed by atoms with E-state index in [4.69, 9.17) is 5.26 Å². The van der Waals surface area contributed by atoms with Crippen LogP contribution in [-0.4, -0.2) is 11.4 Å². The summed E-state index contributed by atoms with van der Waals surface area (Å²) in [5.41, 5.74) is 1.14. The lowest BCUT2D eigenvalue weighted by Crippen LogP contribution is -2.00. The Morgan fingerprint density at radius 2 is 2.36 bits per heavy atom. The number of carbonyl (C=O) groups excluding carboxylic acids is 1. The highest BCUT2D eigenvalue weighted by molar-refractivity contribution is 5.54. The van der Waals surface area contributed by atoms with Gasteiger partial charge in [-0.05, 0) is 24.1 Å². The summed E-state index contributed by atoms with van der Waals surface area (Å²) in [4.78, 5) is 10.4. The van der Waals surface area contributed by atoms with Crippen molar-refractivity contribution in [2.75, 3.05) is 0 Å². The summed E-state index contributed by atoms with van der Waals surface area (Å²) in [6, 6.07) is 6.69. The molecule has 72 valence electrons. The van der Waals surface area contributed by atoms with E-state index in [0.29, 0.717) is 6.42 Å². The fourth-order valence-corrected chi connectivity index (χ4v) is 1.22. The maximum atomic E-state index is 10.4. The molecule has 0 fully saturated rings. The average molecular weight is 189 g/mol. The summed E-state index contributed by atoms with van der Waals surface area (Å²) in [6.07, 6.45) is 1.47. The zero-order valence-electron chi connectivity index (χ0n) is 7.90. The van der Waals surface area contributed by atoms with Crippen molar-refractivity contribution in [2.45, 2.75) is 13.3 Å². The van der Waals surface area contributed by atoms with E-state index in [-0.39, 0.29) is 17.2 Å². The highest BCUT2D eigenvalue weighted by Gasteiger charge is 2.05. The largest absolute Gasteiger partial charge is 0.507 e. The Labute approximate surface area is 82.6 Å². The van der Waals surface area contributed by atoms with Crippen molar-refractivity contribution < 1.29 is 9.90 Å². The van der Waals surface area contributed by atoms with Crippen LogP contribution in [0.15, 0.2) is 18.2 Å². The number of hydrogen-bond acceptors (Lipinski definition) is 3. The highest BCUT2D eigenvalue weighted by atomic mass is 16.3. The Hall–Kier alpha value is -1.82. The van der Waals surface area contributed by atoms with Gasteiger partial charge >= 0.3 is 0 Å². The van der Waals surface area contributed by atoms with Crippen molar-refractivity contribution in [3.63, 3.8) is 0 Å². The van der Waals surface area contributed by atoms with E-state index >= 15 is 0 Å². The lowest BCUT2D eigenvalue weighted by atomic mass is 10.0. The average Bonchev–Trinajstić information content (AvgIpc) is 2.20. The number of nitriles is 1. The lowest BCUT2D eigenvalue weighted by Gasteiger charge is -2.04. The maximum absolute atomic E-state index is 10.4. The van der Waals surface area contributed by atoms with Crippen molar-refractivity contribution >= 4 is 6.29 Å². The lowest BCUT2D eigenvalue weighted by molar-refractivity contribution is -0.110. The molecule has 0 heterocycles. The molecule has 0 aliphatic carbocycles.